The third-order valence-electron chi connectivity index (χ3n) is 5.61. The molecule has 8 nitrogen and oxygen atoms in total. The quantitative estimate of drug-likeness (QED) is 0.606. The van der Waals surface area contributed by atoms with E-state index in [1.165, 1.54) is 12.8 Å². The van der Waals surface area contributed by atoms with Crippen LogP contribution in [0.4, 0.5) is 5.82 Å². The van der Waals surface area contributed by atoms with Crippen LogP contribution in [-0.4, -0.2) is 57.9 Å². The van der Waals surface area contributed by atoms with Gasteiger partial charge in [-0.1, -0.05) is 0 Å². The molecule has 0 bridgehead atoms. The van der Waals surface area contributed by atoms with E-state index < -0.39 is 12.0 Å². The second-order valence-corrected chi connectivity index (χ2v) is 7.26. The van der Waals surface area contributed by atoms with Gasteiger partial charge in [0, 0.05) is 49.6 Å². The van der Waals surface area contributed by atoms with Crippen molar-refractivity contribution in [2.75, 3.05) is 31.1 Å². The first-order valence-corrected chi connectivity index (χ1v) is 9.13. The van der Waals surface area contributed by atoms with Crippen molar-refractivity contribution in [1.29, 1.82) is 0 Å². The zero-order chi connectivity index (χ0) is 17.4. The highest BCUT2D eigenvalue weighted by Crippen LogP contribution is 2.36. The number of amides is 1. The van der Waals surface area contributed by atoms with Crippen LogP contribution in [0.25, 0.3) is 0 Å². The fourth-order valence-corrected chi connectivity index (χ4v) is 3.96. The number of carbonyl (C=O) groups is 1. The molecule has 3 aliphatic rings. The number of hydrogen-bond acceptors (Lipinski definition) is 6. The summed E-state index contributed by atoms with van der Waals surface area (Å²) in [4.78, 5) is 36.1. The molecule has 4 rings (SSSR count). The Hall–Kier alpha value is -2.25. The molecular formula is C17H23N5O3. The molecule has 0 unspecified atom stereocenters. The van der Waals surface area contributed by atoms with E-state index in [1.54, 1.807) is 4.90 Å². The number of piperidine rings is 1. The van der Waals surface area contributed by atoms with Gasteiger partial charge in [-0.2, -0.15) is 0 Å². The summed E-state index contributed by atoms with van der Waals surface area (Å²) < 4.78 is 0. The molecule has 1 aromatic heterocycles. The van der Waals surface area contributed by atoms with E-state index in [0.717, 1.165) is 37.6 Å². The highest BCUT2D eigenvalue weighted by atomic mass is 16.6. The summed E-state index contributed by atoms with van der Waals surface area (Å²) in [5.41, 5.74) is 0. The number of carbonyl (C=O) groups excluding carboxylic acids is 1. The van der Waals surface area contributed by atoms with Crippen molar-refractivity contribution in [3.63, 3.8) is 0 Å². The summed E-state index contributed by atoms with van der Waals surface area (Å²) in [7, 11) is 0. The van der Waals surface area contributed by atoms with Crippen molar-refractivity contribution in [2.45, 2.75) is 44.1 Å². The Morgan fingerprint density at radius 2 is 1.92 bits per heavy atom. The zero-order valence-corrected chi connectivity index (χ0v) is 14.2. The molecule has 2 saturated heterocycles. The van der Waals surface area contributed by atoms with E-state index in [1.807, 2.05) is 12.3 Å². The second kappa shape index (κ2) is 6.57. The number of anilines is 1. The van der Waals surface area contributed by atoms with E-state index in [-0.39, 0.29) is 16.7 Å². The predicted molar refractivity (Wildman–Crippen MR) is 90.9 cm³/mol. The van der Waals surface area contributed by atoms with Crippen LogP contribution < -0.4 is 4.90 Å². The summed E-state index contributed by atoms with van der Waals surface area (Å²) in [6.07, 6.45) is 6.31. The Kier molecular flexibility index (Phi) is 4.27. The Bertz CT molecular complexity index is 668. The van der Waals surface area contributed by atoms with Gasteiger partial charge in [-0.05, 0) is 31.7 Å². The number of nitrogens with zero attached hydrogens (tertiary/aromatic N) is 5. The van der Waals surface area contributed by atoms with Gasteiger partial charge in [0.1, 0.15) is 17.6 Å². The zero-order valence-electron chi connectivity index (χ0n) is 14.2. The van der Waals surface area contributed by atoms with Gasteiger partial charge in [0.05, 0.1) is 0 Å². The summed E-state index contributed by atoms with van der Waals surface area (Å²) in [6.45, 7) is 3.40. The molecule has 0 aromatic carbocycles. The average Bonchev–Trinajstić information content (AvgIpc) is 3.27. The first-order valence-electron chi connectivity index (χ1n) is 9.13. The maximum absolute atomic E-state index is 12.3. The summed E-state index contributed by atoms with van der Waals surface area (Å²) >= 11 is 0. The molecule has 25 heavy (non-hydrogen) atoms. The fourth-order valence-electron chi connectivity index (χ4n) is 3.96. The van der Waals surface area contributed by atoms with E-state index in [0.29, 0.717) is 19.5 Å². The topological polar surface area (TPSA) is 92.5 Å². The molecule has 8 heteroatoms. The molecule has 3 heterocycles. The maximum atomic E-state index is 12.3. The van der Waals surface area contributed by atoms with Crippen LogP contribution in [0, 0.1) is 16.0 Å². The van der Waals surface area contributed by atoms with Gasteiger partial charge in [-0.3, -0.25) is 14.9 Å². The predicted octanol–water partition coefficient (Wildman–Crippen LogP) is 1.45. The van der Waals surface area contributed by atoms with Gasteiger partial charge < -0.3 is 9.80 Å². The summed E-state index contributed by atoms with van der Waals surface area (Å²) in [5.74, 6) is 1.68. The number of likely N-dealkylation sites (tertiary alicyclic amines) is 1. The number of hydrogen-bond donors (Lipinski definition) is 0. The van der Waals surface area contributed by atoms with E-state index in [4.69, 9.17) is 4.98 Å². The molecule has 0 radical (unpaired) electrons. The minimum absolute atomic E-state index is 0.0492. The first kappa shape index (κ1) is 16.2. The van der Waals surface area contributed by atoms with Crippen molar-refractivity contribution in [1.82, 2.24) is 14.9 Å². The van der Waals surface area contributed by atoms with Crippen LogP contribution in [-0.2, 0) is 4.79 Å². The molecule has 134 valence electrons. The minimum atomic E-state index is -0.661. The molecule has 1 amide bonds. The monoisotopic (exact) mass is 345 g/mol. The van der Waals surface area contributed by atoms with Gasteiger partial charge in [0.2, 0.25) is 11.9 Å². The van der Waals surface area contributed by atoms with Crippen molar-refractivity contribution in [3.05, 3.63) is 28.2 Å². The lowest BCUT2D eigenvalue weighted by Crippen LogP contribution is -2.40. The van der Waals surface area contributed by atoms with Crippen LogP contribution in [0.2, 0.25) is 0 Å². The smallest absolute Gasteiger partial charge is 0.232 e. The van der Waals surface area contributed by atoms with Gasteiger partial charge >= 0.3 is 0 Å². The summed E-state index contributed by atoms with van der Waals surface area (Å²) in [6, 6.07) is 1.31. The maximum Gasteiger partial charge on any atom is 0.232 e. The SMILES string of the molecule is O=C([C@@H]1C[C@H]1[N+](=O)[O-])N1CCC(c2nccc(N3CCCC3)n2)CC1. The third-order valence-corrected chi connectivity index (χ3v) is 5.61. The molecule has 1 saturated carbocycles. The highest BCUT2D eigenvalue weighted by Gasteiger charge is 2.54. The van der Waals surface area contributed by atoms with Crippen molar-refractivity contribution in [3.8, 4) is 0 Å². The lowest BCUT2D eigenvalue weighted by atomic mass is 9.95. The third kappa shape index (κ3) is 3.29. The van der Waals surface area contributed by atoms with Crippen molar-refractivity contribution < 1.29 is 9.72 Å². The molecule has 2 aliphatic heterocycles. The summed E-state index contributed by atoms with van der Waals surface area (Å²) in [5, 5.41) is 10.8. The van der Waals surface area contributed by atoms with Crippen molar-refractivity contribution in [2.24, 2.45) is 5.92 Å². The Morgan fingerprint density at radius 1 is 1.20 bits per heavy atom. The van der Waals surface area contributed by atoms with E-state index in [9.17, 15) is 14.9 Å². The van der Waals surface area contributed by atoms with Gasteiger partial charge in [-0.25, -0.2) is 9.97 Å². The molecule has 3 fully saturated rings. The molecule has 0 N–H and O–H groups in total. The molecule has 1 aromatic rings. The Labute approximate surface area is 146 Å². The van der Waals surface area contributed by atoms with E-state index in [2.05, 4.69) is 9.88 Å². The second-order valence-electron chi connectivity index (χ2n) is 7.26. The van der Waals surface area contributed by atoms with Gasteiger partial charge in [-0.15, -0.1) is 0 Å². The molecule has 2 atom stereocenters. The number of nitro groups is 1. The number of rotatable bonds is 4. The molecule has 1 aliphatic carbocycles. The molecule has 0 spiro atoms. The average molecular weight is 345 g/mol. The standard InChI is InChI=1S/C17H23N5O3/c23-17(13-11-14(13)22(24)25)21-9-4-12(5-10-21)16-18-6-3-15(19-16)20-7-1-2-8-20/h3,6,12-14H,1-2,4-5,7-11H2/t13-,14-/m1/s1. The lowest BCUT2D eigenvalue weighted by molar-refractivity contribution is -0.497. The normalized spacial score (nSPS) is 26.7. The van der Waals surface area contributed by atoms with Crippen LogP contribution >= 0.6 is 0 Å². The Morgan fingerprint density at radius 3 is 2.56 bits per heavy atom. The van der Waals surface area contributed by atoms with Gasteiger partial charge in [0.25, 0.3) is 0 Å². The van der Waals surface area contributed by atoms with Crippen LogP contribution in [0.1, 0.15) is 43.8 Å². The van der Waals surface area contributed by atoms with Crippen LogP contribution in [0.5, 0.6) is 0 Å². The lowest BCUT2D eigenvalue weighted by Gasteiger charge is -2.31. The van der Waals surface area contributed by atoms with Crippen LogP contribution in [0.3, 0.4) is 0 Å². The van der Waals surface area contributed by atoms with Crippen molar-refractivity contribution >= 4 is 11.7 Å². The molecular weight excluding hydrogens is 322 g/mol. The van der Waals surface area contributed by atoms with Crippen LogP contribution in [0.15, 0.2) is 12.3 Å². The largest absolute Gasteiger partial charge is 0.357 e. The van der Waals surface area contributed by atoms with Gasteiger partial charge in [0.15, 0.2) is 0 Å². The fraction of sp³-hybridized carbons (Fsp3) is 0.706. The minimum Gasteiger partial charge on any atom is -0.357 e. The number of aromatic nitrogens is 2. The Balaban J connectivity index is 1.35. The highest BCUT2D eigenvalue weighted by molar-refractivity contribution is 5.82. The van der Waals surface area contributed by atoms with E-state index >= 15 is 0 Å². The first-order chi connectivity index (χ1) is 12.1.